The molecule has 96 valence electrons. The van der Waals surface area contributed by atoms with Crippen LogP contribution in [0.25, 0.3) is 0 Å². The van der Waals surface area contributed by atoms with Gasteiger partial charge in [0.15, 0.2) is 5.78 Å². The number of nitrogens with two attached hydrogens (primary N) is 1. The van der Waals surface area contributed by atoms with E-state index in [1.165, 1.54) is 0 Å². The normalized spacial score (nSPS) is 13.5. The van der Waals surface area contributed by atoms with Gasteiger partial charge in [-0.1, -0.05) is 12.1 Å². The molecule has 1 aliphatic rings. The quantitative estimate of drug-likeness (QED) is 0.805. The van der Waals surface area contributed by atoms with Gasteiger partial charge in [-0.3, -0.25) is 4.79 Å². The number of nitrogen functional groups attached to an aromatic ring is 1. The summed E-state index contributed by atoms with van der Waals surface area (Å²) in [6, 6.07) is 9.23. The smallest absolute Gasteiger partial charge is 0.197 e. The Bertz CT molecular complexity index is 637. The van der Waals surface area contributed by atoms with Crippen LogP contribution in [-0.2, 0) is 6.42 Å². The summed E-state index contributed by atoms with van der Waals surface area (Å²) in [6.45, 7) is 0.958. The lowest BCUT2D eigenvalue weighted by Crippen LogP contribution is -2.16. The van der Waals surface area contributed by atoms with Gasteiger partial charge in [0, 0.05) is 24.0 Å². The molecule has 1 aromatic heterocycles. The molecule has 2 heterocycles. The highest BCUT2D eigenvalue weighted by molar-refractivity contribution is 6.13. The van der Waals surface area contributed by atoms with Crippen molar-refractivity contribution in [1.82, 2.24) is 4.98 Å². The Labute approximate surface area is 111 Å². The topological polar surface area (TPSA) is 68.0 Å². The zero-order valence-corrected chi connectivity index (χ0v) is 10.5. The van der Waals surface area contributed by atoms with E-state index in [1.54, 1.807) is 18.3 Å². The lowest BCUT2D eigenvalue weighted by atomic mass is 9.93. The number of hydrogen-bond acceptors (Lipinski definition) is 4. The molecule has 0 spiro atoms. The van der Waals surface area contributed by atoms with Crippen molar-refractivity contribution in [2.45, 2.75) is 12.8 Å². The maximum atomic E-state index is 12.6. The molecule has 2 aromatic rings. The van der Waals surface area contributed by atoms with Crippen LogP contribution in [0, 0.1) is 0 Å². The third-order valence-electron chi connectivity index (χ3n) is 3.42. The van der Waals surface area contributed by atoms with Crippen molar-refractivity contribution in [3.05, 3.63) is 53.2 Å². The van der Waals surface area contributed by atoms with E-state index in [0.29, 0.717) is 5.56 Å². The molecule has 0 amide bonds. The Morgan fingerprint density at radius 2 is 2.05 bits per heavy atom. The number of nitrogens with one attached hydrogen (secondary N) is 1. The van der Waals surface area contributed by atoms with Gasteiger partial charge >= 0.3 is 0 Å². The second kappa shape index (κ2) is 4.72. The van der Waals surface area contributed by atoms with Crippen LogP contribution < -0.4 is 11.1 Å². The highest BCUT2D eigenvalue weighted by atomic mass is 16.1. The van der Waals surface area contributed by atoms with E-state index in [-0.39, 0.29) is 11.6 Å². The van der Waals surface area contributed by atoms with Crippen LogP contribution in [-0.4, -0.2) is 17.3 Å². The van der Waals surface area contributed by atoms with E-state index in [9.17, 15) is 4.79 Å². The van der Waals surface area contributed by atoms with Gasteiger partial charge in [0.05, 0.1) is 5.56 Å². The number of pyridine rings is 1. The van der Waals surface area contributed by atoms with Crippen LogP contribution in [0.4, 0.5) is 11.5 Å². The lowest BCUT2D eigenvalue weighted by molar-refractivity contribution is 0.103. The third-order valence-corrected chi connectivity index (χ3v) is 3.42. The Morgan fingerprint density at radius 3 is 2.89 bits per heavy atom. The SMILES string of the molecule is Nc1ncccc1C(=O)c1cccc2c1CCCN2. The number of benzene rings is 1. The van der Waals surface area contributed by atoms with E-state index in [0.717, 1.165) is 36.2 Å². The van der Waals surface area contributed by atoms with Gasteiger partial charge in [0.2, 0.25) is 0 Å². The minimum absolute atomic E-state index is 0.0499. The van der Waals surface area contributed by atoms with Gasteiger partial charge in [0.25, 0.3) is 0 Å². The zero-order valence-electron chi connectivity index (χ0n) is 10.5. The molecule has 0 saturated carbocycles. The zero-order chi connectivity index (χ0) is 13.2. The predicted molar refractivity (Wildman–Crippen MR) is 75.3 cm³/mol. The summed E-state index contributed by atoms with van der Waals surface area (Å²) in [5.41, 5.74) is 9.13. The second-order valence-corrected chi connectivity index (χ2v) is 4.63. The minimum atomic E-state index is -0.0499. The molecule has 0 fully saturated rings. The van der Waals surface area contributed by atoms with Crippen molar-refractivity contribution in [2.75, 3.05) is 17.6 Å². The maximum absolute atomic E-state index is 12.6. The molecule has 1 aromatic carbocycles. The van der Waals surface area contributed by atoms with Crippen LogP contribution in [0.3, 0.4) is 0 Å². The highest BCUT2D eigenvalue weighted by Crippen LogP contribution is 2.27. The third kappa shape index (κ3) is 2.05. The van der Waals surface area contributed by atoms with E-state index in [4.69, 9.17) is 5.73 Å². The molecule has 3 N–H and O–H groups in total. The Balaban J connectivity index is 2.08. The van der Waals surface area contributed by atoms with Crippen molar-refractivity contribution >= 4 is 17.3 Å². The molecular weight excluding hydrogens is 238 g/mol. The number of anilines is 2. The van der Waals surface area contributed by atoms with Crippen LogP contribution in [0.15, 0.2) is 36.5 Å². The fourth-order valence-corrected chi connectivity index (χ4v) is 2.48. The summed E-state index contributed by atoms with van der Waals surface area (Å²) >= 11 is 0. The highest BCUT2D eigenvalue weighted by Gasteiger charge is 2.20. The monoisotopic (exact) mass is 253 g/mol. The van der Waals surface area contributed by atoms with Crippen molar-refractivity contribution in [1.29, 1.82) is 0 Å². The molecule has 0 radical (unpaired) electrons. The molecular formula is C15H15N3O. The maximum Gasteiger partial charge on any atom is 0.197 e. The lowest BCUT2D eigenvalue weighted by Gasteiger charge is -2.20. The molecule has 0 unspecified atom stereocenters. The Kier molecular flexibility index (Phi) is 2.91. The summed E-state index contributed by atoms with van der Waals surface area (Å²) in [7, 11) is 0. The fourth-order valence-electron chi connectivity index (χ4n) is 2.48. The fraction of sp³-hybridized carbons (Fsp3) is 0.200. The molecule has 19 heavy (non-hydrogen) atoms. The minimum Gasteiger partial charge on any atom is -0.385 e. The predicted octanol–water partition coefficient (Wildman–Crippen LogP) is 2.25. The number of carbonyl (C=O) groups is 1. The average molecular weight is 253 g/mol. The summed E-state index contributed by atoms with van der Waals surface area (Å²) in [6.07, 6.45) is 3.55. The molecule has 3 rings (SSSR count). The number of aromatic nitrogens is 1. The standard InChI is InChI=1S/C15H15N3O/c16-15-12(6-3-9-18-15)14(19)11-4-1-7-13-10(11)5-2-8-17-13/h1,3-4,6-7,9,17H,2,5,8H2,(H2,16,18). The molecule has 0 saturated heterocycles. The van der Waals surface area contributed by atoms with Crippen LogP contribution >= 0.6 is 0 Å². The van der Waals surface area contributed by atoms with Crippen molar-refractivity contribution in [2.24, 2.45) is 0 Å². The summed E-state index contributed by atoms with van der Waals surface area (Å²) in [5.74, 6) is 0.236. The van der Waals surface area contributed by atoms with Gasteiger partial charge in [-0.15, -0.1) is 0 Å². The molecule has 0 aliphatic carbocycles. The number of carbonyl (C=O) groups excluding carboxylic acids is 1. The van der Waals surface area contributed by atoms with Gasteiger partial charge in [-0.2, -0.15) is 0 Å². The first-order valence-electron chi connectivity index (χ1n) is 6.38. The molecule has 1 aliphatic heterocycles. The largest absolute Gasteiger partial charge is 0.385 e. The van der Waals surface area contributed by atoms with Crippen molar-refractivity contribution in [3.8, 4) is 0 Å². The molecule has 4 heteroatoms. The number of ketones is 1. The number of rotatable bonds is 2. The van der Waals surface area contributed by atoms with Gasteiger partial charge < -0.3 is 11.1 Å². The summed E-state index contributed by atoms with van der Waals surface area (Å²) in [5, 5.41) is 3.32. The van der Waals surface area contributed by atoms with Crippen LogP contribution in [0.2, 0.25) is 0 Å². The van der Waals surface area contributed by atoms with E-state index in [1.807, 2.05) is 18.2 Å². The summed E-state index contributed by atoms with van der Waals surface area (Å²) in [4.78, 5) is 16.6. The first-order valence-corrected chi connectivity index (χ1v) is 6.38. The number of hydrogen-bond donors (Lipinski definition) is 2. The average Bonchev–Trinajstić information content (AvgIpc) is 2.46. The molecule has 0 atom stereocenters. The van der Waals surface area contributed by atoms with Crippen LogP contribution in [0.5, 0.6) is 0 Å². The molecule has 4 nitrogen and oxygen atoms in total. The van der Waals surface area contributed by atoms with E-state index < -0.39 is 0 Å². The molecule has 0 bridgehead atoms. The van der Waals surface area contributed by atoms with Gasteiger partial charge in [-0.05, 0) is 36.6 Å². The second-order valence-electron chi connectivity index (χ2n) is 4.63. The van der Waals surface area contributed by atoms with Gasteiger partial charge in [-0.25, -0.2) is 4.98 Å². The van der Waals surface area contributed by atoms with Crippen molar-refractivity contribution < 1.29 is 4.79 Å². The Morgan fingerprint density at radius 1 is 1.21 bits per heavy atom. The van der Waals surface area contributed by atoms with E-state index in [2.05, 4.69) is 10.3 Å². The van der Waals surface area contributed by atoms with Crippen molar-refractivity contribution in [3.63, 3.8) is 0 Å². The first kappa shape index (κ1) is 11.7. The van der Waals surface area contributed by atoms with E-state index >= 15 is 0 Å². The summed E-state index contributed by atoms with van der Waals surface area (Å²) < 4.78 is 0. The number of fused-ring (bicyclic) bond motifs is 1. The van der Waals surface area contributed by atoms with Crippen LogP contribution in [0.1, 0.15) is 27.9 Å². The first-order chi connectivity index (χ1) is 9.27. The van der Waals surface area contributed by atoms with Gasteiger partial charge in [0.1, 0.15) is 5.82 Å². The Hall–Kier alpha value is -2.36. The number of nitrogens with zero attached hydrogens (tertiary/aromatic N) is 1.